The largest absolute Gasteiger partial charge is 0.480 e. The van der Waals surface area contributed by atoms with E-state index in [0.717, 1.165) is 12.1 Å². The first-order valence-corrected chi connectivity index (χ1v) is 5.54. The maximum Gasteiger partial charge on any atom is 0.325 e. The van der Waals surface area contributed by atoms with Crippen molar-refractivity contribution in [3.8, 4) is 6.07 Å². The molecule has 1 atom stereocenters. The van der Waals surface area contributed by atoms with Crippen molar-refractivity contribution in [1.82, 2.24) is 0 Å². The zero-order chi connectivity index (χ0) is 14.2. The smallest absolute Gasteiger partial charge is 0.325 e. The highest BCUT2D eigenvalue weighted by atomic mass is 19.1. The Bertz CT molecular complexity index is 562. The minimum Gasteiger partial charge on any atom is -0.480 e. The lowest BCUT2D eigenvalue weighted by Gasteiger charge is -2.22. The van der Waals surface area contributed by atoms with Crippen molar-refractivity contribution < 1.29 is 18.7 Å². The number of hydrogen-bond donors (Lipinski definition) is 2. The second-order valence-corrected chi connectivity index (χ2v) is 4.53. The number of carboxylic acid groups (broad SMARTS) is 1. The van der Waals surface area contributed by atoms with E-state index in [0.29, 0.717) is 0 Å². The van der Waals surface area contributed by atoms with Gasteiger partial charge < -0.3 is 15.7 Å². The predicted molar refractivity (Wildman–Crippen MR) is 62.5 cm³/mol. The maximum atomic E-state index is 13.8. The van der Waals surface area contributed by atoms with Crippen molar-refractivity contribution in [2.45, 2.75) is 12.0 Å². The molecular formula is C12H11F2N3O2. The molecule has 5 nitrogen and oxygen atoms in total. The van der Waals surface area contributed by atoms with Crippen LogP contribution in [-0.2, 0) is 4.79 Å². The van der Waals surface area contributed by atoms with Crippen LogP contribution in [0.15, 0.2) is 12.1 Å². The third-order valence-electron chi connectivity index (χ3n) is 3.19. The Morgan fingerprint density at radius 3 is 2.47 bits per heavy atom. The summed E-state index contributed by atoms with van der Waals surface area (Å²) in [5.74, 6) is -3.00. The normalized spacial score (nSPS) is 22.3. The number of nitrogens with two attached hydrogens (primary N) is 1. The van der Waals surface area contributed by atoms with E-state index < -0.39 is 23.1 Å². The number of nitriles is 1. The molecule has 1 saturated heterocycles. The number of carbonyl (C=O) groups is 1. The van der Waals surface area contributed by atoms with Crippen LogP contribution in [0.3, 0.4) is 0 Å². The van der Waals surface area contributed by atoms with Crippen LogP contribution in [0.5, 0.6) is 0 Å². The molecule has 100 valence electrons. The molecule has 0 radical (unpaired) electrons. The Labute approximate surface area is 107 Å². The summed E-state index contributed by atoms with van der Waals surface area (Å²) in [6.07, 6.45) is 0.0984. The molecule has 0 aromatic heterocycles. The van der Waals surface area contributed by atoms with Crippen molar-refractivity contribution in [3.05, 3.63) is 29.3 Å². The van der Waals surface area contributed by atoms with E-state index in [4.69, 9.17) is 16.1 Å². The molecule has 1 aromatic rings. The summed E-state index contributed by atoms with van der Waals surface area (Å²) >= 11 is 0. The van der Waals surface area contributed by atoms with Gasteiger partial charge in [-0.05, 0) is 18.6 Å². The highest BCUT2D eigenvalue weighted by molar-refractivity contribution is 5.80. The number of hydrogen-bond acceptors (Lipinski definition) is 4. The van der Waals surface area contributed by atoms with Gasteiger partial charge >= 0.3 is 5.97 Å². The Morgan fingerprint density at radius 2 is 2.05 bits per heavy atom. The van der Waals surface area contributed by atoms with E-state index in [2.05, 4.69) is 0 Å². The van der Waals surface area contributed by atoms with Crippen molar-refractivity contribution in [3.63, 3.8) is 0 Å². The zero-order valence-corrected chi connectivity index (χ0v) is 9.86. The van der Waals surface area contributed by atoms with Gasteiger partial charge in [0.1, 0.15) is 11.2 Å². The lowest BCUT2D eigenvalue weighted by Crippen LogP contribution is -2.50. The molecule has 0 bridgehead atoms. The molecule has 1 fully saturated rings. The first-order chi connectivity index (χ1) is 8.87. The highest BCUT2D eigenvalue weighted by Crippen LogP contribution is 2.30. The van der Waals surface area contributed by atoms with E-state index in [9.17, 15) is 13.6 Å². The predicted octanol–water partition coefficient (Wildman–Crippen LogP) is 0.829. The fourth-order valence-electron chi connectivity index (χ4n) is 2.13. The molecule has 0 aliphatic carbocycles. The Hall–Kier alpha value is -2.20. The number of nitrogens with zero attached hydrogens (tertiary/aromatic N) is 2. The van der Waals surface area contributed by atoms with Crippen LogP contribution >= 0.6 is 0 Å². The van der Waals surface area contributed by atoms with Gasteiger partial charge in [-0.15, -0.1) is 0 Å². The van der Waals surface area contributed by atoms with E-state index in [1.165, 1.54) is 4.90 Å². The number of carboxylic acids is 1. The molecule has 1 aromatic carbocycles. The lowest BCUT2D eigenvalue weighted by molar-refractivity contribution is -0.142. The Kier molecular flexibility index (Phi) is 3.12. The maximum absolute atomic E-state index is 13.8. The molecule has 1 heterocycles. The monoisotopic (exact) mass is 267 g/mol. The minimum atomic E-state index is -1.51. The number of aliphatic carboxylic acids is 1. The van der Waals surface area contributed by atoms with Crippen molar-refractivity contribution in [2.75, 3.05) is 18.0 Å². The van der Waals surface area contributed by atoms with Gasteiger partial charge in [0.05, 0.1) is 11.6 Å². The van der Waals surface area contributed by atoms with E-state index in [1.807, 2.05) is 0 Å². The van der Waals surface area contributed by atoms with Crippen LogP contribution in [0.4, 0.5) is 14.5 Å². The summed E-state index contributed by atoms with van der Waals surface area (Å²) in [5, 5.41) is 17.6. The molecule has 1 aliphatic rings. The van der Waals surface area contributed by atoms with Gasteiger partial charge in [-0.3, -0.25) is 4.79 Å². The Morgan fingerprint density at radius 1 is 1.47 bits per heavy atom. The van der Waals surface area contributed by atoms with Gasteiger partial charge in [-0.1, -0.05) is 0 Å². The molecule has 1 aliphatic heterocycles. The van der Waals surface area contributed by atoms with E-state index in [-0.39, 0.29) is 30.8 Å². The first kappa shape index (κ1) is 13.2. The van der Waals surface area contributed by atoms with Gasteiger partial charge in [0.25, 0.3) is 0 Å². The van der Waals surface area contributed by atoms with Gasteiger partial charge in [0.2, 0.25) is 0 Å². The molecule has 0 spiro atoms. The van der Waals surface area contributed by atoms with Crippen molar-refractivity contribution in [1.29, 1.82) is 5.26 Å². The number of benzene rings is 1. The van der Waals surface area contributed by atoms with Crippen molar-refractivity contribution >= 4 is 11.7 Å². The van der Waals surface area contributed by atoms with Crippen LogP contribution < -0.4 is 10.6 Å². The fourth-order valence-corrected chi connectivity index (χ4v) is 2.13. The summed E-state index contributed by atoms with van der Waals surface area (Å²) < 4.78 is 27.6. The first-order valence-electron chi connectivity index (χ1n) is 5.54. The van der Waals surface area contributed by atoms with E-state index >= 15 is 0 Å². The summed E-state index contributed by atoms with van der Waals surface area (Å²) in [6.45, 7) is -0.0371. The molecule has 0 amide bonds. The quantitative estimate of drug-likeness (QED) is 0.828. The standard InChI is InChI=1S/C12H11F2N3O2/c13-8-3-7(5-15)4-9(14)10(8)17-2-1-12(16,6-17)11(18)19/h3-4H,1-2,6,16H2,(H,18,19). The molecule has 0 saturated carbocycles. The van der Waals surface area contributed by atoms with Crippen LogP contribution in [-0.4, -0.2) is 29.7 Å². The van der Waals surface area contributed by atoms with Crippen molar-refractivity contribution in [2.24, 2.45) is 5.73 Å². The van der Waals surface area contributed by atoms with E-state index in [1.54, 1.807) is 6.07 Å². The third kappa shape index (κ3) is 2.22. The lowest BCUT2D eigenvalue weighted by atomic mass is 10.0. The summed E-state index contributed by atoms with van der Waals surface area (Å²) in [4.78, 5) is 12.2. The second kappa shape index (κ2) is 4.48. The number of halogens is 2. The highest BCUT2D eigenvalue weighted by Gasteiger charge is 2.42. The summed E-state index contributed by atoms with van der Waals surface area (Å²) in [5.41, 5.74) is 3.67. The van der Waals surface area contributed by atoms with Crippen LogP contribution in [0.2, 0.25) is 0 Å². The van der Waals surface area contributed by atoms with Crippen LogP contribution in [0, 0.1) is 23.0 Å². The molecule has 3 N–H and O–H groups in total. The molecular weight excluding hydrogens is 256 g/mol. The Balaban J connectivity index is 2.35. The topological polar surface area (TPSA) is 90.4 Å². The fraction of sp³-hybridized carbons (Fsp3) is 0.333. The van der Waals surface area contributed by atoms with Crippen LogP contribution in [0.1, 0.15) is 12.0 Å². The summed E-state index contributed by atoms with van der Waals surface area (Å²) in [7, 11) is 0. The minimum absolute atomic E-state index is 0.0984. The van der Waals surface area contributed by atoms with Gasteiger partial charge in [0, 0.05) is 13.1 Å². The van der Waals surface area contributed by atoms with Gasteiger partial charge in [0.15, 0.2) is 11.6 Å². The summed E-state index contributed by atoms with van der Waals surface area (Å²) in [6, 6.07) is 3.47. The zero-order valence-electron chi connectivity index (χ0n) is 9.86. The molecule has 1 unspecified atom stereocenters. The van der Waals surface area contributed by atoms with Gasteiger partial charge in [-0.25, -0.2) is 8.78 Å². The number of anilines is 1. The third-order valence-corrected chi connectivity index (χ3v) is 3.19. The average molecular weight is 267 g/mol. The molecule has 2 rings (SSSR count). The average Bonchev–Trinajstić information content (AvgIpc) is 2.72. The second-order valence-electron chi connectivity index (χ2n) is 4.53. The molecule has 7 heteroatoms. The SMILES string of the molecule is N#Cc1cc(F)c(N2CCC(N)(C(=O)O)C2)c(F)c1. The van der Waals surface area contributed by atoms with Gasteiger partial charge in [-0.2, -0.15) is 5.26 Å². The van der Waals surface area contributed by atoms with Crippen LogP contribution in [0.25, 0.3) is 0 Å². The number of rotatable bonds is 2. The molecule has 19 heavy (non-hydrogen) atoms.